The largest absolute Gasteiger partial charge is 0.383 e. The Labute approximate surface area is 126 Å². The molecule has 1 aromatic carbocycles. The van der Waals surface area contributed by atoms with Crippen LogP contribution in [0, 0.1) is 27.7 Å². The van der Waals surface area contributed by atoms with Crippen LogP contribution in [0.2, 0.25) is 0 Å². The van der Waals surface area contributed by atoms with Crippen molar-refractivity contribution >= 4 is 12.1 Å². The van der Waals surface area contributed by atoms with Crippen LogP contribution in [-0.4, -0.2) is 16.1 Å². The van der Waals surface area contributed by atoms with Gasteiger partial charge in [0.2, 0.25) is 0 Å². The third-order valence-electron chi connectivity index (χ3n) is 4.20. The molecule has 1 heterocycles. The summed E-state index contributed by atoms with van der Waals surface area (Å²) in [7, 11) is 0. The first-order valence-electron chi connectivity index (χ1n) is 7.20. The van der Waals surface area contributed by atoms with Gasteiger partial charge in [0.05, 0.1) is 5.56 Å². The number of hydrogen-bond acceptors (Lipinski definition) is 3. The minimum atomic E-state index is 0.115. The van der Waals surface area contributed by atoms with Gasteiger partial charge in [-0.2, -0.15) is 5.10 Å². The fourth-order valence-corrected chi connectivity index (χ4v) is 2.73. The standard InChI is InChI=1S/C17H23N3O/c1-9(2)20-17(18)14(8-21)16(19-20)15-12(5)10(3)7-11(4)13(15)6/h7-9H,18H2,1-6H3. The molecule has 0 radical (unpaired) electrons. The molecule has 0 unspecified atom stereocenters. The summed E-state index contributed by atoms with van der Waals surface area (Å²) in [5.41, 5.74) is 13.0. The molecule has 0 aliphatic heterocycles. The molecule has 1 aromatic heterocycles. The van der Waals surface area contributed by atoms with Crippen LogP contribution in [0.15, 0.2) is 6.07 Å². The quantitative estimate of drug-likeness (QED) is 0.873. The maximum absolute atomic E-state index is 11.5. The fourth-order valence-electron chi connectivity index (χ4n) is 2.73. The van der Waals surface area contributed by atoms with E-state index in [4.69, 9.17) is 5.73 Å². The maximum atomic E-state index is 11.5. The number of nitrogen functional groups attached to an aromatic ring is 1. The minimum Gasteiger partial charge on any atom is -0.383 e. The molecule has 0 aliphatic carbocycles. The van der Waals surface area contributed by atoms with Crippen LogP contribution in [0.5, 0.6) is 0 Å². The number of nitrogens with two attached hydrogens (primary N) is 1. The molecule has 21 heavy (non-hydrogen) atoms. The Bertz CT molecular complexity index is 685. The van der Waals surface area contributed by atoms with Gasteiger partial charge in [0.25, 0.3) is 0 Å². The fraction of sp³-hybridized carbons (Fsp3) is 0.412. The SMILES string of the molecule is Cc1cc(C)c(C)c(-c2nn(C(C)C)c(N)c2C=O)c1C. The van der Waals surface area contributed by atoms with Gasteiger partial charge in [-0.3, -0.25) is 4.79 Å². The van der Waals surface area contributed by atoms with Crippen molar-refractivity contribution in [1.82, 2.24) is 9.78 Å². The second kappa shape index (κ2) is 5.35. The summed E-state index contributed by atoms with van der Waals surface area (Å²) in [5, 5.41) is 4.61. The molecular weight excluding hydrogens is 262 g/mol. The molecule has 112 valence electrons. The van der Waals surface area contributed by atoms with Gasteiger partial charge < -0.3 is 5.73 Å². The van der Waals surface area contributed by atoms with E-state index in [2.05, 4.69) is 38.9 Å². The Morgan fingerprint density at radius 3 is 2.10 bits per heavy atom. The van der Waals surface area contributed by atoms with E-state index in [1.54, 1.807) is 4.68 Å². The number of nitrogens with zero attached hydrogens (tertiary/aromatic N) is 2. The number of aromatic nitrogens is 2. The van der Waals surface area contributed by atoms with Gasteiger partial charge in [0.1, 0.15) is 11.5 Å². The topological polar surface area (TPSA) is 60.9 Å². The highest BCUT2D eigenvalue weighted by Crippen LogP contribution is 2.35. The number of hydrogen-bond donors (Lipinski definition) is 1. The average molecular weight is 285 g/mol. The molecule has 2 N–H and O–H groups in total. The predicted octanol–water partition coefficient (Wildman–Crippen LogP) is 3.76. The van der Waals surface area contributed by atoms with Crippen LogP contribution in [0.4, 0.5) is 5.82 Å². The molecule has 0 fully saturated rings. The lowest BCUT2D eigenvalue weighted by Crippen LogP contribution is -2.07. The van der Waals surface area contributed by atoms with E-state index in [0.717, 1.165) is 23.0 Å². The summed E-state index contributed by atoms with van der Waals surface area (Å²) in [6.45, 7) is 12.3. The van der Waals surface area contributed by atoms with Crippen molar-refractivity contribution in [3.63, 3.8) is 0 Å². The first-order chi connectivity index (χ1) is 9.79. The molecule has 4 heteroatoms. The third kappa shape index (κ3) is 2.35. The second-order valence-electron chi connectivity index (χ2n) is 5.94. The molecule has 0 saturated heterocycles. The Balaban J connectivity index is 2.85. The molecule has 0 bridgehead atoms. The number of anilines is 1. The Morgan fingerprint density at radius 1 is 1.14 bits per heavy atom. The molecule has 0 spiro atoms. The molecular formula is C17H23N3O. The van der Waals surface area contributed by atoms with Crippen molar-refractivity contribution < 1.29 is 4.79 Å². The third-order valence-corrected chi connectivity index (χ3v) is 4.20. The summed E-state index contributed by atoms with van der Waals surface area (Å²) >= 11 is 0. The first-order valence-corrected chi connectivity index (χ1v) is 7.20. The van der Waals surface area contributed by atoms with E-state index in [1.807, 2.05) is 13.8 Å². The van der Waals surface area contributed by atoms with Gasteiger partial charge in [0, 0.05) is 11.6 Å². The van der Waals surface area contributed by atoms with Crippen molar-refractivity contribution in [2.75, 3.05) is 5.73 Å². The van der Waals surface area contributed by atoms with Crippen LogP contribution in [0.25, 0.3) is 11.3 Å². The molecule has 4 nitrogen and oxygen atoms in total. The van der Waals surface area contributed by atoms with E-state index >= 15 is 0 Å². The van der Waals surface area contributed by atoms with E-state index in [-0.39, 0.29) is 6.04 Å². The summed E-state index contributed by atoms with van der Waals surface area (Å²) in [4.78, 5) is 11.5. The lowest BCUT2D eigenvalue weighted by Gasteiger charge is -2.14. The Hall–Kier alpha value is -2.10. The van der Waals surface area contributed by atoms with Gasteiger partial charge in [-0.1, -0.05) is 6.07 Å². The zero-order valence-corrected chi connectivity index (χ0v) is 13.6. The van der Waals surface area contributed by atoms with E-state index in [9.17, 15) is 4.79 Å². The van der Waals surface area contributed by atoms with Crippen molar-refractivity contribution in [2.45, 2.75) is 47.6 Å². The van der Waals surface area contributed by atoms with Gasteiger partial charge >= 0.3 is 0 Å². The zero-order valence-electron chi connectivity index (χ0n) is 13.6. The molecule has 2 rings (SSSR count). The number of carbonyl (C=O) groups is 1. The van der Waals surface area contributed by atoms with E-state index < -0.39 is 0 Å². The monoisotopic (exact) mass is 285 g/mol. The van der Waals surface area contributed by atoms with Gasteiger partial charge in [-0.05, 0) is 63.8 Å². The highest BCUT2D eigenvalue weighted by atomic mass is 16.1. The molecule has 0 saturated carbocycles. The van der Waals surface area contributed by atoms with Gasteiger partial charge in [0.15, 0.2) is 6.29 Å². The van der Waals surface area contributed by atoms with Crippen LogP contribution in [0.3, 0.4) is 0 Å². The predicted molar refractivity (Wildman–Crippen MR) is 86.8 cm³/mol. The number of benzene rings is 1. The summed E-state index contributed by atoms with van der Waals surface area (Å²) < 4.78 is 1.72. The highest BCUT2D eigenvalue weighted by molar-refractivity contribution is 5.93. The smallest absolute Gasteiger partial charge is 0.156 e. The van der Waals surface area contributed by atoms with Crippen LogP contribution >= 0.6 is 0 Å². The molecule has 0 amide bonds. The molecule has 0 atom stereocenters. The Morgan fingerprint density at radius 2 is 1.67 bits per heavy atom. The average Bonchev–Trinajstić information content (AvgIpc) is 2.74. The maximum Gasteiger partial charge on any atom is 0.156 e. The summed E-state index contributed by atoms with van der Waals surface area (Å²) in [6, 6.07) is 2.28. The molecule has 0 aliphatic rings. The van der Waals surface area contributed by atoms with Crippen molar-refractivity contribution in [3.8, 4) is 11.3 Å². The summed E-state index contributed by atoms with van der Waals surface area (Å²) in [6.07, 6.45) is 0.813. The number of aldehydes is 1. The minimum absolute atomic E-state index is 0.115. The lowest BCUT2D eigenvalue weighted by atomic mass is 9.91. The second-order valence-corrected chi connectivity index (χ2v) is 5.94. The van der Waals surface area contributed by atoms with Crippen molar-refractivity contribution in [2.24, 2.45) is 0 Å². The lowest BCUT2D eigenvalue weighted by molar-refractivity contribution is 0.112. The zero-order chi connectivity index (χ0) is 15.9. The van der Waals surface area contributed by atoms with Crippen LogP contribution < -0.4 is 5.73 Å². The van der Waals surface area contributed by atoms with Gasteiger partial charge in [-0.25, -0.2) is 4.68 Å². The molecule has 2 aromatic rings. The van der Waals surface area contributed by atoms with Gasteiger partial charge in [-0.15, -0.1) is 0 Å². The Kier molecular flexibility index (Phi) is 3.90. The van der Waals surface area contributed by atoms with Crippen LogP contribution in [0.1, 0.15) is 52.5 Å². The number of carbonyl (C=O) groups excluding carboxylic acids is 1. The van der Waals surface area contributed by atoms with Crippen molar-refractivity contribution in [3.05, 3.63) is 33.9 Å². The first kappa shape index (κ1) is 15.3. The number of rotatable bonds is 3. The summed E-state index contributed by atoms with van der Waals surface area (Å²) in [5.74, 6) is 0.438. The van der Waals surface area contributed by atoms with Crippen molar-refractivity contribution in [1.29, 1.82) is 0 Å². The van der Waals surface area contributed by atoms with E-state index in [1.165, 1.54) is 11.1 Å². The van der Waals surface area contributed by atoms with Crippen LogP contribution in [-0.2, 0) is 0 Å². The van der Waals surface area contributed by atoms with E-state index in [0.29, 0.717) is 17.1 Å². The normalized spacial score (nSPS) is 11.2. The number of aryl methyl sites for hydroxylation is 2. The highest BCUT2D eigenvalue weighted by Gasteiger charge is 2.22.